The molecule has 3 heterocycles. The van der Waals surface area contributed by atoms with Crippen LogP contribution in [0.2, 0.25) is 0 Å². The van der Waals surface area contributed by atoms with Gasteiger partial charge in [-0.1, -0.05) is 5.16 Å². The molecule has 0 aliphatic carbocycles. The van der Waals surface area contributed by atoms with Crippen molar-refractivity contribution in [3.05, 3.63) is 53.6 Å². The molecule has 1 amide bonds. The summed E-state index contributed by atoms with van der Waals surface area (Å²) in [6.07, 6.45) is 3.82. The number of rotatable bonds is 7. The van der Waals surface area contributed by atoms with Crippen molar-refractivity contribution in [2.75, 3.05) is 14.2 Å². The van der Waals surface area contributed by atoms with Crippen LogP contribution in [0.1, 0.15) is 34.2 Å². The fourth-order valence-electron chi connectivity index (χ4n) is 2.64. The number of esters is 1. The van der Waals surface area contributed by atoms with E-state index in [-0.39, 0.29) is 18.9 Å². The van der Waals surface area contributed by atoms with E-state index in [1.165, 1.54) is 12.0 Å². The first-order valence-electron chi connectivity index (χ1n) is 8.62. The van der Waals surface area contributed by atoms with Crippen LogP contribution < -0.4 is 0 Å². The Morgan fingerprint density at radius 3 is 2.71 bits per heavy atom. The first-order valence-corrected chi connectivity index (χ1v) is 8.62. The number of aromatic nitrogens is 3. The molecule has 0 unspecified atom stereocenters. The predicted molar refractivity (Wildman–Crippen MR) is 97.1 cm³/mol. The van der Waals surface area contributed by atoms with E-state index in [1.807, 2.05) is 0 Å². The first-order chi connectivity index (χ1) is 13.5. The highest BCUT2D eigenvalue weighted by molar-refractivity contribution is 5.90. The molecule has 3 rings (SSSR count). The number of aryl methyl sites for hydroxylation is 2. The van der Waals surface area contributed by atoms with Crippen LogP contribution in [0.4, 0.5) is 0 Å². The van der Waals surface area contributed by atoms with Gasteiger partial charge in [0, 0.05) is 37.8 Å². The summed E-state index contributed by atoms with van der Waals surface area (Å²) in [5.74, 6) is 1.22. The summed E-state index contributed by atoms with van der Waals surface area (Å²) in [5.41, 5.74) is 1.15. The van der Waals surface area contributed by atoms with Crippen molar-refractivity contribution in [2.24, 2.45) is 0 Å². The predicted octanol–water partition coefficient (Wildman–Crippen LogP) is 2.41. The SMILES string of the molecule is COC(=O)c1cc(CN(C)C(=O)CCc2nc(-c3ccncc3)no2)oc1C. The van der Waals surface area contributed by atoms with E-state index in [2.05, 4.69) is 15.1 Å². The van der Waals surface area contributed by atoms with Crippen LogP contribution in [0.25, 0.3) is 11.4 Å². The third-order valence-electron chi connectivity index (χ3n) is 4.15. The second kappa shape index (κ2) is 8.47. The van der Waals surface area contributed by atoms with Gasteiger partial charge in [0.2, 0.25) is 17.6 Å². The Bertz CT molecular complexity index is 964. The Labute approximate surface area is 161 Å². The van der Waals surface area contributed by atoms with Crippen molar-refractivity contribution in [2.45, 2.75) is 26.3 Å². The number of hydrogen-bond acceptors (Lipinski definition) is 8. The highest BCUT2D eigenvalue weighted by Gasteiger charge is 2.18. The summed E-state index contributed by atoms with van der Waals surface area (Å²) in [7, 11) is 2.97. The van der Waals surface area contributed by atoms with Gasteiger partial charge in [-0.05, 0) is 25.1 Å². The van der Waals surface area contributed by atoms with Crippen LogP contribution in [0.5, 0.6) is 0 Å². The fourth-order valence-corrected chi connectivity index (χ4v) is 2.64. The lowest BCUT2D eigenvalue weighted by Gasteiger charge is -2.14. The smallest absolute Gasteiger partial charge is 0.341 e. The van der Waals surface area contributed by atoms with E-state index >= 15 is 0 Å². The third-order valence-corrected chi connectivity index (χ3v) is 4.15. The monoisotopic (exact) mass is 384 g/mol. The minimum absolute atomic E-state index is 0.114. The second-order valence-electron chi connectivity index (χ2n) is 6.17. The highest BCUT2D eigenvalue weighted by Crippen LogP contribution is 2.18. The van der Waals surface area contributed by atoms with E-state index in [4.69, 9.17) is 13.7 Å². The largest absolute Gasteiger partial charge is 0.465 e. The number of carbonyl (C=O) groups is 2. The fraction of sp³-hybridized carbons (Fsp3) is 0.316. The Kier molecular flexibility index (Phi) is 5.83. The van der Waals surface area contributed by atoms with Crippen molar-refractivity contribution in [1.82, 2.24) is 20.0 Å². The molecule has 9 heteroatoms. The van der Waals surface area contributed by atoms with Crippen molar-refractivity contribution < 1.29 is 23.3 Å². The number of ether oxygens (including phenoxy) is 1. The number of methoxy groups -OCH3 is 1. The average Bonchev–Trinajstić information content (AvgIpc) is 3.32. The summed E-state index contributed by atoms with van der Waals surface area (Å²) < 4.78 is 15.4. The quantitative estimate of drug-likeness (QED) is 0.571. The van der Waals surface area contributed by atoms with Crippen LogP contribution >= 0.6 is 0 Å². The standard InChI is InChI=1S/C19H20N4O5/c1-12-15(19(25)26-3)10-14(27-12)11-23(2)17(24)5-4-16-21-18(22-28-16)13-6-8-20-9-7-13/h6-10H,4-5,11H2,1-3H3. The van der Waals surface area contributed by atoms with E-state index < -0.39 is 5.97 Å². The molecule has 0 aromatic carbocycles. The van der Waals surface area contributed by atoms with Gasteiger partial charge >= 0.3 is 5.97 Å². The zero-order valence-electron chi connectivity index (χ0n) is 15.8. The van der Waals surface area contributed by atoms with Crippen LogP contribution in [-0.4, -0.2) is 46.1 Å². The summed E-state index contributed by atoms with van der Waals surface area (Å²) in [6, 6.07) is 5.15. The topological polar surface area (TPSA) is 112 Å². The van der Waals surface area contributed by atoms with Gasteiger partial charge in [-0.3, -0.25) is 9.78 Å². The Balaban J connectivity index is 1.55. The molecule has 0 fully saturated rings. The molecule has 3 aromatic rings. The van der Waals surface area contributed by atoms with Gasteiger partial charge < -0.3 is 18.6 Å². The molecule has 0 radical (unpaired) electrons. The lowest BCUT2D eigenvalue weighted by atomic mass is 10.2. The number of amides is 1. The lowest BCUT2D eigenvalue weighted by molar-refractivity contribution is -0.130. The van der Waals surface area contributed by atoms with Crippen molar-refractivity contribution >= 4 is 11.9 Å². The van der Waals surface area contributed by atoms with Crippen LogP contribution in [0, 0.1) is 6.92 Å². The molecule has 0 saturated heterocycles. The number of furan rings is 1. The maximum atomic E-state index is 12.4. The third kappa shape index (κ3) is 4.43. The molecule has 3 aromatic heterocycles. The van der Waals surface area contributed by atoms with Gasteiger partial charge in [-0.2, -0.15) is 4.98 Å². The molecule has 0 aliphatic rings. The number of pyridine rings is 1. The van der Waals surface area contributed by atoms with Gasteiger partial charge in [-0.25, -0.2) is 4.79 Å². The first kappa shape index (κ1) is 19.3. The zero-order valence-corrected chi connectivity index (χ0v) is 15.8. The Morgan fingerprint density at radius 2 is 2.00 bits per heavy atom. The molecule has 9 nitrogen and oxygen atoms in total. The van der Waals surface area contributed by atoms with Crippen LogP contribution in [0.3, 0.4) is 0 Å². The highest BCUT2D eigenvalue weighted by atomic mass is 16.5. The summed E-state index contributed by atoms with van der Waals surface area (Å²) in [4.78, 5) is 33.8. The number of nitrogens with zero attached hydrogens (tertiary/aromatic N) is 4. The average molecular weight is 384 g/mol. The molecule has 0 N–H and O–H groups in total. The lowest BCUT2D eigenvalue weighted by Crippen LogP contribution is -2.26. The molecule has 0 saturated carbocycles. The second-order valence-corrected chi connectivity index (χ2v) is 6.17. The van der Waals surface area contributed by atoms with E-state index in [9.17, 15) is 9.59 Å². The van der Waals surface area contributed by atoms with E-state index in [0.717, 1.165) is 5.56 Å². The molecule has 0 spiro atoms. The van der Waals surface area contributed by atoms with Gasteiger partial charge in [0.25, 0.3) is 0 Å². The van der Waals surface area contributed by atoms with E-state index in [1.54, 1.807) is 44.6 Å². The minimum Gasteiger partial charge on any atom is -0.465 e. The zero-order chi connectivity index (χ0) is 20.1. The minimum atomic E-state index is -0.470. The molecule has 0 atom stereocenters. The number of hydrogen-bond donors (Lipinski definition) is 0. The molecular weight excluding hydrogens is 364 g/mol. The van der Waals surface area contributed by atoms with Crippen LogP contribution in [0.15, 0.2) is 39.5 Å². The molecule has 146 valence electrons. The van der Waals surface area contributed by atoms with Crippen molar-refractivity contribution in [3.8, 4) is 11.4 Å². The van der Waals surface area contributed by atoms with Gasteiger partial charge in [0.1, 0.15) is 17.1 Å². The molecule has 0 aliphatic heterocycles. The maximum absolute atomic E-state index is 12.4. The number of carbonyl (C=O) groups excluding carboxylic acids is 2. The van der Waals surface area contributed by atoms with Crippen molar-refractivity contribution in [1.29, 1.82) is 0 Å². The van der Waals surface area contributed by atoms with Crippen molar-refractivity contribution in [3.63, 3.8) is 0 Å². The van der Waals surface area contributed by atoms with Gasteiger partial charge in [0.15, 0.2) is 0 Å². The summed E-state index contributed by atoms with van der Waals surface area (Å²) in [6.45, 7) is 1.91. The molecular formula is C19H20N4O5. The molecule has 28 heavy (non-hydrogen) atoms. The van der Waals surface area contributed by atoms with E-state index in [0.29, 0.717) is 35.2 Å². The Hall–Kier alpha value is -3.49. The van der Waals surface area contributed by atoms with Gasteiger partial charge in [-0.15, -0.1) is 0 Å². The maximum Gasteiger partial charge on any atom is 0.341 e. The normalized spacial score (nSPS) is 10.7. The van der Waals surface area contributed by atoms with Crippen LogP contribution in [-0.2, 0) is 22.5 Å². The summed E-state index contributed by atoms with van der Waals surface area (Å²) in [5, 5.41) is 3.92. The molecule has 0 bridgehead atoms. The Morgan fingerprint density at radius 1 is 1.25 bits per heavy atom. The van der Waals surface area contributed by atoms with Gasteiger partial charge in [0.05, 0.1) is 13.7 Å². The summed E-state index contributed by atoms with van der Waals surface area (Å²) >= 11 is 0.